The first-order valence-corrected chi connectivity index (χ1v) is 14.6. The molecule has 2 amide bonds. The van der Waals surface area contributed by atoms with Gasteiger partial charge >= 0.3 is 6.09 Å². The minimum Gasteiger partial charge on any atom is -0.449 e. The third-order valence-corrected chi connectivity index (χ3v) is 7.75. The Hall–Kier alpha value is -3.47. The van der Waals surface area contributed by atoms with Crippen LogP contribution in [-0.4, -0.2) is 90.7 Å². The van der Waals surface area contributed by atoms with Crippen molar-refractivity contribution >= 4 is 29.0 Å². The van der Waals surface area contributed by atoms with E-state index in [0.29, 0.717) is 43.5 Å². The molecule has 0 bridgehead atoms. The first-order valence-electron chi connectivity index (χ1n) is 14.6. The van der Waals surface area contributed by atoms with Gasteiger partial charge in [0.1, 0.15) is 17.7 Å². The third kappa shape index (κ3) is 6.72. The smallest absolute Gasteiger partial charge is 0.409 e. The molecule has 1 unspecified atom stereocenters. The largest absolute Gasteiger partial charge is 0.449 e. The van der Waals surface area contributed by atoms with Crippen LogP contribution < -0.4 is 11.1 Å². The van der Waals surface area contributed by atoms with Gasteiger partial charge in [-0.1, -0.05) is 19.8 Å². The van der Waals surface area contributed by atoms with E-state index in [1.165, 1.54) is 10.9 Å². The zero-order chi connectivity index (χ0) is 29.1. The van der Waals surface area contributed by atoms with Crippen LogP contribution in [-0.2, 0) is 14.3 Å². The number of carbonyl (C=O) groups excluding carboxylic acids is 2. The summed E-state index contributed by atoms with van der Waals surface area (Å²) < 4.78 is 12.6. The molecule has 41 heavy (non-hydrogen) atoms. The van der Waals surface area contributed by atoms with Crippen molar-refractivity contribution in [2.75, 3.05) is 25.4 Å². The molecule has 13 heteroatoms. The average Bonchev–Trinajstić information content (AvgIpc) is 3.91. The fourth-order valence-electron chi connectivity index (χ4n) is 4.96. The summed E-state index contributed by atoms with van der Waals surface area (Å²) in [6.45, 7) is 5.83. The average molecular weight is 570 g/mol. The van der Waals surface area contributed by atoms with Crippen molar-refractivity contribution in [1.29, 1.82) is 0 Å². The Bertz CT molecular complexity index is 1310. The van der Waals surface area contributed by atoms with E-state index in [-0.39, 0.29) is 29.4 Å². The topological polar surface area (TPSA) is 178 Å². The Morgan fingerprint density at radius 3 is 2.51 bits per heavy atom. The van der Waals surface area contributed by atoms with Crippen LogP contribution in [0.25, 0.3) is 11.2 Å². The van der Waals surface area contributed by atoms with Crippen LogP contribution in [0.2, 0.25) is 0 Å². The molecule has 4 heterocycles. The van der Waals surface area contributed by atoms with E-state index >= 15 is 0 Å². The van der Waals surface area contributed by atoms with E-state index in [2.05, 4.69) is 32.1 Å². The number of imidazole rings is 1. The van der Waals surface area contributed by atoms with Crippen LogP contribution in [0, 0.1) is 23.7 Å². The number of fused-ring (bicyclic) bond motifs is 1. The number of nitrogens with one attached hydrogen (secondary N) is 1. The molecule has 4 aliphatic rings. The van der Waals surface area contributed by atoms with Crippen molar-refractivity contribution in [1.82, 2.24) is 29.7 Å². The van der Waals surface area contributed by atoms with Crippen molar-refractivity contribution in [2.24, 2.45) is 11.8 Å². The predicted molar refractivity (Wildman–Crippen MR) is 148 cm³/mol. The molecular weight excluding hydrogens is 530 g/mol. The number of anilines is 1. The first kappa shape index (κ1) is 29.0. The number of rotatable bonds is 6. The van der Waals surface area contributed by atoms with Crippen LogP contribution in [0.15, 0.2) is 6.33 Å². The van der Waals surface area contributed by atoms with E-state index in [4.69, 9.17) is 15.2 Å². The minimum absolute atomic E-state index is 0.0910. The lowest BCUT2D eigenvalue weighted by Gasteiger charge is -2.30. The molecule has 0 aromatic carbocycles. The number of aliphatic hydroxyl groups is 2. The number of hydrogen-bond donors (Lipinski definition) is 4. The van der Waals surface area contributed by atoms with Crippen molar-refractivity contribution in [3.8, 4) is 11.8 Å². The maximum absolute atomic E-state index is 12.5. The van der Waals surface area contributed by atoms with Crippen molar-refractivity contribution < 1.29 is 29.3 Å². The normalized spacial score (nSPS) is 26.1. The van der Waals surface area contributed by atoms with Gasteiger partial charge in [0, 0.05) is 25.6 Å². The summed E-state index contributed by atoms with van der Waals surface area (Å²) >= 11 is 0. The summed E-state index contributed by atoms with van der Waals surface area (Å²) in [5.41, 5.74) is 6.70. The SMILES string of the molecule is CC.Nc1nc(C#CCC2CCN(C(=O)OCC3CC3)CC2)nc2c1ncn2[C@@H]1O[C@H](C(=O)NC2CC2)C(O)[C@@H]1O. The predicted octanol–water partition coefficient (Wildman–Crippen LogP) is 1.33. The molecule has 2 aromatic heterocycles. The number of carbonyl (C=O) groups is 2. The zero-order valence-electron chi connectivity index (χ0n) is 23.5. The van der Waals surface area contributed by atoms with Gasteiger partial charge in [-0.2, -0.15) is 0 Å². The number of likely N-dealkylation sites (tertiary alicyclic amines) is 1. The second-order valence-corrected chi connectivity index (χ2v) is 10.9. The lowest BCUT2D eigenvalue weighted by molar-refractivity contribution is -0.137. The Kier molecular flexibility index (Phi) is 8.91. The van der Waals surface area contributed by atoms with Crippen LogP contribution in [0.5, 0.6) is 0 Å². The van der Waals surface area contributed by atoms with E-state index in [1.54, 1.807) is 4.90 Å². The van der Waals surface area contributed by atoms with Crippen molar-refractivity contribution in [3.63, 3.8) is 0 Å². The summed E-state index contributed by atoms with van der Waals surface area (Å²) in [5.74, 6) is 6.85. The number of nitrogens with zero attached hydrogens (tertiary/aromatic N) is 5. The second kappa shape index (κ2) is 12.6. The van der Waals surface area contributed by atoms with Crippen LogP contribution in [0.3, 0.4) is 0 Å². The summed E-state index contributed by atoms with van der Waals surface area (Å²) in [5, 5.41) is 23.9. The highest BCUT2D eigenvalue weighted by molar-refractivity contribution is 5.83. The highest BCUT2D eigenvalue weighted by Crippen LogP contribution is 2.33. The van der Waals surface area contributed by atoms with E-state index < -0.39 is 30.4 Å². The van der Waals surface area contributed by atoms with Crippen molar-refractivity contribution in [3.05, 3.63) is 12.2 Å². The molecule has 4 atom stereocenters. The van der Waals surface area contributed by atoms with Gasteiger partial charge < -0.3 is 35.6 Å². The highest BCUT2D eigenvalue weighted by Gasteiger charge is 2.48. The Morgan fingerprint density at radius 1 is 1.10 bits per heavy atom. The van der Waals surface area contributed by atoms with Crippen molar-refractivity contribution in [2.45, 2.75) is 89.4 Å². The number of nitrogen functional groups attached to an aromatic ring is 1. The van der Waals surface area contributed by atoms with E-state index in [9.17, 15) is 19.8 Å². The van der Waals surface area contributed by atoms with Crippen LogP contribution >= 0.6 is 0 Å². The third-order valence-electron chi connectivity index (χ3n) is 7.75. The molecule has 13 nitrogen and oxygen atoms in total. The summed E-state index contributed by atoms with van der Waals surface area (Å²) in [6, 6.07) is 0.0910. The van der Waals surface area contributed by atoms with Gasteiger partial charge in [-0.3, -0.25) is 9.36 Å². The maximum Gasteiger partial charge on any atom is 0.409 e. The van der Waals surface area contributed by atoms with Gasteiger partial charge in [0.15, 0.2) is 23.8 Å². The van der Waals surface area contributed by atoms with Gasteiger partial charge in [-0.15, -0.1) is 0 Å². The monoisotopic (exact) mass is 569 g/mol. The lowest BCUT2D eigenvalue weighted by Crippen LogP contribution is -2.43. The molecule has 4 fully saturated rings. The minimum atomic E-state index is -1.41. The fourth-order valence-corrected chi connectivity index (χ4v) is 4.96. The summed E-state index contributed by atoms with van der Waals surface area (Å²) in [4.78, 5) is 39.4. The summed E-state index contributed by atoms with van der Waals surface area (Å²) in [6.07, 6.45) is 2.47. The number of piperidine rings is 1. The molecular formula is C28H39N7O6. The molecule has 2 aliphatic heterocycles. The molecule has 2 saturated heterocycles. The number of nitrogens with two attached hydrogens (primary N) is 1. The van der Waals surface area contributed by atoms with Crippen LogP contribution in [0.1, 0.15) is 70.8 Å². The Labute approximate surface area is 238 Å². The number of hydrogen-bond acceptors (Lipinski definition) is 10. The van der Waals surface area contributed by atoms with Gasteiger partial charge in [-0.25, -0.2) is 19.7 Å². The quantitative estimate of drug-likeness (QED) is 0.371. The van der Waals surface area contributed by atoms with Crippen LogP contribution in [0.4, 0.5) is 10.6 Å². The van der Waals surface area contributed by atoms with Gasteiger partial charge in [0.25, 0.3) is 5.91 Å². The molecule has 0 radical (unpaired) electrons. The number of amides is 2. The Morgan fingerprint density at radius 2 is 1.83 bits per heavy atom. The number of aromatic nitrogens is 4. The molecule has 222 valence electrons. The van der Waals surface area contributed by atoms with Gasteiger partial charge in [0.2, 0.25) is 5.82 Å². The zero-order valence-corrected chi connectivity index (χ0v) is 23.5. The molecule has 0 spiro atoms. The number of aliphatic hydroxyl groups excluding tert-OH is 2. The molecule has 2 aliphatic carbocycles. The van der Waals surface area contributed by atoms with Gasteiger partial charge in [0.05, 0.1) is 12.9 Å². The molecule has 2 saturated carbocycles. The summed E-state index contributed by atoms with van der Waals surface area (Å²) in [7, 11) is 0. The van der Waals surface area contributed by atoms with Gasteiger partial charge in [-0.05, 0) is 56.3 Å². The number of ether oxygens (including phenoxy) is 2. The lowest BCUT2D eigenvalue weighted by atomic mass is 9.94. The maximum atomic E-state index is 12.5. The Balaban J connectivity index is 0.00000165. The van der Waals surface area contributed by atoms with E-state index in [1.807, 2.05) is 13.8 Å². The molecule has 6 rings (SSSR count). The standard InChI is InChI=1S/C26H33N7O6.C2H6/c27-22-18-23(33(13-28-18)25-20(35)19(34)21(39-25)24(36)29-16-6-7-16)31-17(30-22)3-1-2-14-8-10-32(11-9-14)26(37)38-12-15-4-5-15;1-2/h13-16,19-21,25,34-35H,2,4-12H2,(H,29,36)(H2,27,30,31);1-2H3/t19?,20-,21-,25+;/m0./s1. The first-order chi connectivity index (χ1) is 19.9. The molecule has 2 aromatic rings. The highest BCUT2D eigenvalue weighted by atomic mass is 16.6. The molecule has 5 N–H and O–H groups in total. The fraction of sp³-hybridized carbons (Fsp3) is 0.679. The second-order valence-electron chi connectivity index (χ2n) is 10.9. The van der Waals surface area contributed by atoms with E-state index in [0.717, 1.165) is 38.5 Å².